The van der Waals surface area contributed by atoms with Crippen LogP contribution in [-0.4, -0.2) is 25.5 Å². The van der Waals surface area contributed by atoms with Gasteiger partial charge < -0.3 is 24.5 Å². The van der Waals surface area contributed by atoms with Crippen LogP contribution < -0.4 is 20.1 Å². The molecule has 0 fully saturated rings. The third kappa shape index (κ3) is 4.94. The van der Waals surface area contributed by atoms with Crippen molar-refractivity contribution < 1.29 is 23.5 Å². The minimum atomic E-state index is -0.330. The summed E-state index contributed by atoms with van der Waals surface area (Å²) in [6.45, 7) is 9.61. The van der Waals surface area contributed by atoms with E-state index in [4.69, 9.17) is 13.9 Å². The molecule has 0 unspecified atom stereocenters. The van der Waals surface area contributed by atoms with Crippen molar-refractivity contribution in [2.75, 3.05) is 24.4 Å². The standard InChI is InChI=1S/C25H28N2O5/c1-7-31-23-13-24-20(15(3)16(4)32-24)12-19(23)14(2)10-25(29)27-21-11-18(26-17(5)28)8-9-22(21)30-6/h8-13H,7H2,1-6H3,(H,26,28)(H,27,29)/b14-10+. The Morgan fingerprint density at radius 3 is 2.47 bits per heavy atom. The van der Waals surface area contributed by atoms with Crippen molar-refractivity contribution in [1.82, 2.24) is 0 Å². The third-order valence-electron chi connectivity index (χ3n) is 5.13. The van der Waals surface area contributed by atoms with Gasteiger partial charge in [-0.2, -0.15) is 0 Å². The van der Waals surface area contributed by atoms with Crippen LogP contribution in [0.1, 0.15) is 37.7 Å². The minimum absolute atomic E-state index is 0.202. The number of anilines is 2. The molecule has 0 aliphatic carbocycles. The van der Waals surface area contributed by atoms with Crippen molar-refractivity contribution in [2.45, 2.75) is 34.6 Å². The van der Waals surface area contributed by atoms with Gasteiger partial charge in [-0.3, -0.25) is 9.59 Å². The molecule has 1 aromatic heterocycles. The van der Waals surface area contributed by atoms with Gasteiger partial charge in [-0.25, -0.2) is 0 Å². The monoisotopic (exact) mass is 436 g/mol. The molecule has 3 aromatic rings. The van der Waals surface area contributed by atoms with E-state index in [1.54, 1.807) is 18.2 Å². The van der Waals surface area contributed by atoms with Crippen molar-refractivity contribution in [3.63, 3.8) is 0 Å². The van der Waals surface area contributed by atoms with Gasteiger partial charge in [0.25, 0.3) is 0 Å². The zero-order valence-electron chi connectivity index (χ0n) is 19.2. The van der Waals surface area contributed by atoms with Crippen LogP contribution in [0.4, 0.5) is 11.4 Å². The summed E-state index contributed by atoms with van der Waals surface area (Å²) in [6, 6.07) is 8.89. The van der Waals surface area contributed by atoms with Crippen molar-refractivity contribution in [2.24, 2.45) is 0 Å². The van der Waals surface area contributed by atoms with E-state index in [9.17, 15) is 9.59 Å². The molecule has 2 amide bonds. The van der Waals surface area contributed by atoms with E-state index < -0.39 is 0 Å². The van der Waals surface area contributed by atoms with E-state index in [-0.39, 0.29) is 11.8 Å². The fraction of sp³-hybridized carbons (Fsp3) is 0.280. The van der Waals surface area contributed by atoms with Crippen LogP contribution in [0, 0.1) is 13.8 Å². The second-order valence-electron chi connectivity index (χ2n) is 7.47. The van der Waals surface area contributed by atoms with Gasteiger partial charge in [0.2, 0.25) is 11.8 Å². The number of carbonyl (C=O) groups excluding carboxylic acids is 2. The van der Waals surface area contributed by atoms with E-state index in [1.165, 1.54) is 20.1 Å². The molecule has 0 aliphatic rings. The summed E-state index contributed by atoms with van der Waals surface area (Å²) in [5.74, 6) is 1.46. The van der Waals surface area contributed by atoms with E-state index >= 15 is 0 Å². The normalized spacial score (nSPS) is 11.4. The van der Waals surface area contributed by atoms with E-state index in [1.807, 2.05) is 39.8 Å². The molecule has 168 valence electrons. The van der Waals surface area contributed by atoms with Crippen LogP contribution in [0.3, 0.4) is 0 Å². The molecule has 0 spiro atoms. The van der Waals surface area contributed by atoms with Gasteiger partial charge in [0.1, 0.15) is 22.8 Å². The molecule has 2 aromatic carbocycles. The molecule has 32 heavy (non-hydrogen) atoms. The molecule has 3 rings (SSSR count). The van der Waals surface area contributed by atoms with Crippen molar-refractivity contribution in [3.05, 3.63) is 53.3 Å². The number of ether oxygens (including phenoxy) is 2. The molecular formula is C25H28N2O5. The molecule has 2 N–H and O–H groups in total. The Labute approximate surface area is 187 Å². The summed E-state index contributed by atoms with van der Waals surface area (Å²) >= 11 is 0. The second kappa shape index (κ2) is 9.60. The number of benzene rings is 2. The highest BCUT2D eigenvalue weighted by Crippen LogP contribution is 2.35. The topological polar surface area (TPSA) is 89.8 Å². The average molecular weight is 437 g/mol. The van der Waals surface area contributed by atoms with Crippen molar-refractivity contribution >= 4 is 39.7 Å². The molecule has 0 aliphatic heterocycles. The lowest BCUT2D eigenvalue weighted by molar-refractivity contribution is -0.114. The Bertz CT molecular complexity index is 1210. The third-order valence-corrected chi connectivity index (χ3v) is 5.13. The summed E-state index contributed by atoms with van der Waals surface area (Å²) in [5.41, 5.74) is 4.38. The number of hydrogen-bond donors (Lipinski definition) is 2. The first-order valence-electron chi connectivity index (χ1n) is 10.3. The lowest BCUT2D eigenvalue weighted by atomic mass is 10.0. The predicted octanol–water partition coefficient (Wildman–Crippen LogP) is 5.46. The predicted molar refractivity (Wildman–Crippen MR) is 126 cm³/mol. The van der Waals surface area contributed by atoms with Crippen LogP contribution in [0.25, 0.3) is 16.5 Å². The first kappa shape index (κ1) is 22.9. The molecule has 7 nitrogen and oxygen atoms in total. The van der Waals surface area contributed by atoms with Crippen LogP contribution in [-0.2, 0) is 9.59 Å². The molecular weight excluding hydrogens is 408 g/mol. The van der Waals surface area contributed by atoms with Gasteiger partial charge in [-0.1, -0.05) is 0 Å². The quantitative estimate of drug-likeness (QED) is 0.480. The minimum Gasteiger partial charge on any atom is -0.495 e. The van der Waals surface area contributed by atoms with E-state index in [2.05, 4.69) is 10.6 Å². The SMILES string of the molecule is CCOc1cc2oc(C)c(C)c2cc1/C(C)=C/C(=O)Nc1cc(NC(C)=O)ccc1OC. The zero-order valence-corrected chi connectivity index (χ0v) is 19.2. The van der Waals surface area contributed by atoms with E-state index in [0.29, 0.717) is 29.5 Å². The van der Waals surface area contributed by atoms with Crippen molar-refractivity contribution in [1.29, 1.82) is 0 Å². The van der Waals surface area contributed by atoms with Gasteiger partial charge in [0, 0.05) is 35.7 Å². The lowest BCUT2D eigenvalue weighted by Crippen LogP contribution is -2.11. The maximum atomic E-state index is 12.8. The number of amides is 2. The van der Waals surface area contributed by atoms with Gasteiger partial charge in [0.05, 0.1) is 19.4 Å². The number of furan rings is 1. The average Bonchev–Trinajstić information content (AvgIpc) is 3.00. The summed E-state index contributed by atoms with van der Waals surface area (Å²) in [6.07, 6.45) is 1.51. The Kier molecular flexibility index (Phi) is 6.88. The molecule has 1 heterocycles. The fourth-order valence-corrected chi connectivity index (χ4v) is 3.48. The molecule has 7 heteroatoms. The van der Waals surface area contributed by atoms with Crippen LogP contribution >= 0.6 is 0 Å². The number of rotatable bonds is 7. The number of fused-ring (bicyclic) bond motifs is 1. The number of aryl methyl sites for hydroxylation is 2. The maximum absolute atomic E-state index is 12.8. The van der Waals surface area contributed by atoms with Gasteiger partial charge in [-0.15, -0.1) is 0 Å². The largest absolute Gasteiger partial charge is 0.495 e. The van der Waals surface area contributed by atoms with Gasteiger partial charge >= 0.3 is 0 Å². The molecule has 0 bridgehead atoms. The number of nitrogens with one attached hydrogen (secondary N) is 2. The summed E-state index contributed by atoms with van der Waals surface area (Å²) in [4.78, 5) is 24.2. The summed E-state index contributed by atoms with van der Waals surface area (Å²) in [7, 11) is 1.52. The van der Waals surface area contributed by atoms with E-state index in [0.717, 1.165) is 33.4 Å². The maximum Gasteiger partial charge on any atom is 0.248 e. The Morgan fingerprint density at radius 1 is 1.06 bits per heavy atom. The Hall–Kier alpha value is -3.74. The number of hydrogen-bond acceptors (Lipinski definition) is 5. The molecule has 0 atom stereocenters. The van der Waals surface area contributed by atoms with Gasteiger partial charge in [0.15, 0.2) is 0 Å². The molecule has 0 saturated heterocycles. The van der Waals surface area contributed by atoms with Gasteiger partial charge in [-0.05, 0) is 63.1 Å². The number of allylic oxidation sites excluding steroid dienone is 1. The number of methoxy groups -OCH3 is 1. The van der Waals surface area contributed by atoms with Crippen LogP contribution in [0.2, 0.25) is 0 Å². The van der Waals surface area contributed by atoms with Crippen LogP contribution in [0.5, 0.6) is 11.5 Å². The summed E-state index contributed by atoms with van der Waals surface area (Å²) < 4.78 is 17.0. The first-order valence-corrected chi connectivity index (χ1v) is 10.3. The van der Waals surface area contributed by atoms with Crippen molar-refractivity contribution in [3.8, 4) is 11.5 Å². The highest BCUT2D eigenvalue weighted by atomic mass is 16.5. The van der Waals surface area contributed by atoms with Crippen LogP contribution in [0.15, 0.2) is 40.8 Å². The summed E-state index contributed by atoms with van der Waals surface area (Å²) in [5, 5.41) is 6.51. The second-order valence-corrected chi connectivity index (χ2v) is 7.47. The molecule has 0 saturated carbocycles. The highest BCUT2D eigenvalue weighted by molar-refractivity contribution is 6.06. The Morgan fingerprint density at radius 2 is 1.81 bits per heavy atom. The first-order chi connectivity index (χ1) is 15.2. The zero-order chi connectivity index (χ0) is 23.4. The fourth-order valence-electron chi connectivity index (χ4n) is 3.48. The smallest absolute Gasteiger partial charge is 0.248 e. The molecule has 0 radical (unpaired) electrons. The lowest BCUT2D eigenvalue weighted by Gasteiger charge is -2.13. The Balaban J connectivity index is 1.94. The number of carbonyl (C=O) groups is 2. The highest BCUT2D eigenvalue weighted by Gasteiger charge is 2.15.